The molecule has 43 heavy (non-hydrogen) atoms. The Labute approximate surface area is 253 Å². The minimum Gasteiger partial charge on any atom is -0.489 e. The lowest BCUT2D eigenvalue weighted by molar-refractivity contribution is -0.122. The molecule has 0 spiro atoms. The fraction of sp³-hybridized carbons (Fsp3) is 0.545. The van der Waals surface area contributed by atoms with Crippen molar-refractivity contribution < 1.29 is 23.5 Å². The minimum absolute atomic E-state index is 0.0594. The van der Waals surface area contributed by atoms with Gasteiger partial charge in [0.2, 0.25) is 5.91 Å². The van der Waals surface area contributed by atoms with Gasteiger partial charge in [-0.1, -0.05) is 19.3 Å². The van der Waals surface area contributed by atoms with Crippen molar-refractivity contribution in [3.05, 3.63) is 58.9 Å². The number of piperazine rings is 1. The van der Waals surface area contributed by atoms with Gasteiger partial charge in [-0.15, -0.1) is 0 Å². The monoisotopic (exact) mass is 593 g/mol. The summed E-state index contributed by atoms with van der Waals surface area (Å²) in [6.45, 7) is 6.34. The van der Waals surface area contributed by atoms with Gasteiger partial charge in [-0.3, -0.25) is 14.4 Å². The van der Waals surface area contributed by atoms with E-state index in [1.165, 1.54) is 49.4 Å². The summed E-state index contributed by atoms with van der Waals surface area (Å²) in [5, 5.41) is 3.35. The smallest absolute Gasteiger partial charge is 0.254 e. The van der Waals surface area contributed by atoms with E-state index in [2.05, 4.69) is 5.32 Å². The van der Waals surface area contributed by atoms with E-state index in [4.69, 9.17) is 10.5 Å². The predicted molar refractivity (Wildman–Crippen MR) is 164 cm³/mol. The highest BCUT2D eigenvalue weighted by Crippen LogP contribution is 2.39. The third-order valence-corrected chi connectivity index (χ3v) is 8.84. The third-order valence-electron chi connectivity index (χ3n) is 8.84. The Balaban J connectivity index is 1.26. The molecule has 0 aromatic heterocycles. The molecule has 2 aliphatic heterocycles. The summed E-state index contributed by atoms with van der Waals surface area (Å²) in [5.74, 6) is -0.134. The number of rotatable bonds is 7. The molecule has 2 aromatic rings. The summed E-state index contributed by atoms with van der Waals surface area (Å²) in [4.78, 5) is 44.2. The number of carbonyl (C=O) groups excluding carboxylic acids is 3. The number of nitrogens with zero attached hydrogens (tertiary/aromatic N) is 3. The molecule has 3 aliphatic rings. The maximum absolute atomic E-state index is 14.5. The maximum Gasteiger partial charge on any atom is 0.254 e. The molecule has 3 amide bonds. The highest BCUT2D eigenvalue weighted by molar-refractivity contribution is 6.01. The lowest BCUT2D eigenvalue weighted by Crippen LogP contribution is -2.51. The van der Waals surface area contributed by atoms with Crippen molar-refractivity contribution in [2.75, 3.05) is 51.2 Å². The van der Waals surface area contributed by atoms with Gasteiger partial charge in [-0.2, -0.15) is 0 Å². The number of nitrogens with two attached hydrogens (primary N) is 1. The molecule has 3 fully saturated rings. The number of anilines is 1. The number of nitrogens with one attached hydrogen (secondary N) is 1. The van der Waals surface area contributed by atoms with Gasteiger partial charge in [0.25, 0.3) is 11.8 Å². The van der Waals surface area contributed by atoms with Crippen molar-refractivity contribution in [1.82, 2.24) is 15.1 Å². The van der Waals surface area contributed by atoms with Crippen LogP contribution in [0.25, 0.3) is 0 Å². The van der Waals surface area contributed by atoms with Crippen LogP contribution in [-0.4, -0.2) is 85.5 Å². The Morgan fingerprint density at radius 2 is 1.58 bits per heavy atom. The van der Waals surface area contributed by atoms with Gasteiger partial charge in [0.1, 0.15) is 17.7 Å². The van der Waals surface area contributed by atoms with Crippen molar-refractivity contribution in [2.24, 2.45) is 5.73 Å². The van der Waals surface area contributed by atoms with E-state index >= 15 is 0 Å². The predicted octanol–water partition coefficient (Wildman–Crippen LogP) is 3.91. The quantitative estimate of drug-likeness (QED) is 0.504. The van der Waals surface area contributed by atoms with Gasteiger partial charge >= 0.3 is 0 Å². The summed E-state index contributed by atoms with van der Waals surface area (Å²) >= 11 is 0. The molecule has 9 nitrogen and oxygen atoms in total. The standard InChI is InChI=1S/C33H44FN5O4/c1-33(2,35)32(42)37(3)26-18-24(17-25(34)20-26)31(41)39-15-13-38(14-16-39)30(40)23-9-10-29(43-27-11-12-36-21-27)28(19-23)22-7-5-4-6-8-22/h9-10,17-20,22,27,36H,4-8,11-16,21,35H2,1-3H3/t27-/m0/s1. The van der Waals surface area contributed by atoms with Crippen molar-refractivity contribution >= 4 is 23.4 Å². The first-order valence-corrected chi connectivity index (χ1v) is 15.5. The average Bonchev–Trinajstić information content (AvgIpc) is 3.52. The number of amides is 3. The summed E-state index contributed by atoms with van der Waals surface area (Å²) in [6, 6.07) is 9.74. The van der Waals surface area contributed by atoms with Crippen LogP contribution in [0.2, 0.25) is 0 Å². The second-order valence-corrected chi connectivity index (χ2v) is 12.7. The summed E-state index contributed by atoms with van der Waals surface area (Å²) in [6.07, 6.45) is 6.96. The molecule has 5 rings (SSSR count). The zero-order valence-corrected chi connectivity index (χ0v) is 25.5. The molecule has 1 aliphatic carbocycles. The second kappa shape index (κ2) is 13.0. The molecular weight excluding hydrogens is 549 g/mol. The minimum atomic E-state index is -1.15. The number of benzene rings is 2. The summed E-state index contributed by atoms with van der Waals surface area (Å²) in [5.41, 5.74) is 6.97. The fourth-order valence-electron chi connectivity index (χ4n) is 6.35. The third kappa shape index (κ3) is 7.18. The zero-order valence-electron chi connectivity index (χ0n) is 25.5. The van der Waals surface area contributed by atoms with Crippen molar-refractivity contribution in [3.63, 3.8) is 0 Å². The first-order chi connectivity index (χ1) is 20.5. The van der Waals surface area contributed by atoms with E-state index in [1.807, 2.05) is 18.2 Å². The highest BCUT2D eigenvalue weighted by atomic mass is 19.1. The lowest BCUT2D eigenvalue weighted by Gasteiger charge is -2.35. The number of likely N-dealkylation sites (N-methyl/N-ethyl adjacent to an activating group) is 1. The van der Waals surface area contributed by atoms with Gasteiger partial charge in [-0.25, -0.2) is 4.39 Å². The van der Waals surface area contributed by atoms with Crippen molar-refractivity contribution in [1.29, 1.82) is 0 Å². The van der Waals surface area contributed by atoms with Crippen LogP contribution < -0.4 is 20.7 Å². The van der Waals surface area contributed by atoms with Crippen LogP contribution in [0, 0.1) is 5.82 Å². The molecule has 232 valence electrons. The SMILES string of the molecule is CN(C(=O)C(C)(C)N)c1cc(F)cc(C(=O)N2CCN(C(=O)c3ccc(O[C@H]4CCNC4)c(C4CCCCC4)c3)CC2)c1. The highest BCUT2D eigenvalue weighted by Gasteiger charge is 2.30. The second-order valence-electron chi connectivity index (χ2n) is 12.7. The molecule has 2 saturated heterocycles. The van der Waals surface area contributed by atoms with Crippen molar-refractivity contribution in [2.45, 2.75) is 69.9 Å². The number of carbonyl (C=O) groups is 3. The first-order valence-electron chi connectivity index (χ1n) is 15.5. The van der Waals surface area contributed by atoms with E-state index in [9.17, 15) is 18.8 Å². The molecule has 0 unspecified atom stereocenters. The van der Waals surface area contributed by atoms with E-state index in [0.29, 0.717) is 37.7 Å². The average molecular weight is 594 g/mol. The Kier molecular flexibility index (Phi) is 9.36. The number of halogens is 1. The fourth-order valence-corrected chi connectivity index (χ4v) is 6.35. The summed E-state index contributed by atoms with van der Waals surface area (Å²) < 4.78 is 20.9. The van der Waals surface area contributed by atoms with Crippen LogP contribution in [0.1, 0.15) is 84.6 Å². The molecule has 0 radical (unpaired) electrons. The van der Waals surface area contributed by atoms with Crippen LogP contribution in [0.4, 0.5) is 10.1 Å². The lowest BCUT2D eigenvalue weighted by atomic mass is 9.83. The Morgan fingerprint density at radius 1 is 0.930 bits per heavy atom. The summed E-state index contributed by atoms with van der Waals surface area (Å²) in [7, 11) is 1.51. The maximum atomic E-state index is 14.5. The van der Waals surface area contributed by atoms with Gasteiger partial charge in [-0.05, 0) is 87.5 Å². The number of ether oxygens (including phenoxy) is 1. The van der Waals surface area contributed by atoms with Crippen LogP contribution in [-0.2, 0) is 4.79 Å². The largest absolute Gasteiger partial charge is 0.489 e. The van der Waals surface area contributed by atoms with E-state index in [0.717, 1.165) is 43.7 Å². The van der Waals surface area contributed by atoms with Gasteiger partial charge in [0, 0.05) is 56.6 Å². The van der Waals surface area contributed by atoms with Crippen LogP contribution in [0.3, 0.4) is 0 Å². The Hall–Kier alpha value is -3.50. The molecule has 3 N–H and O–H groups in total. The molecule has 10 heteroatoms. The zero-order chi connectivity index (χ0) is 30.7. The van der Waals surface area contributed by atoms with E-state index in [-0.39, 0.29) is 29.2 Å². The molecule has 2 aromatic carbocycles. The van der Waals surface area contributed by atoms with Crippen LogP contribution in [0.5, 0.6) is 5.75 Å². The van der Waals surface area contributed by atoms with Gasteiger partial charge in [0.05, 0.1) is 5.54 Å². The van der Waals surface area contributed by atoms with Crippen molar-refractivity contribution in [3.8, 4) is 5.75 Å². The van der Waals surface area contributed by atoms with Gasteiger partial charge < -0.3 is 30.5 Å². The molecule has 1 saturated carbocycles. The molecule has 1 atom stereocenters. The Bertz CT molecular complexity index is 1340. The van der Waals surface area contributed by atoms with Crippen LogP contribution >= 0.6 is 0 Å². The topological polar surface area (TPSA) is 108 Å². The molecular formula is C33H44FN5O4. The first kappa shape index (κ1) is 30.9. The normalized spacial score (nSPS) is 19.8. The number of hydrogen-bond acceptors (Lipinski definition) is 6. The van der Waals surface area contributed by atoms with E-state index < -0.39 is 17.3 Å². The molecule has 0 bridgehead atoms. The van der Waals surface area contributed by atoms with Crippen LogP contribution in [0.15, 0.2) is 36.4 Å². The van der Waals surface area contributed by atoms with Gasteiger partial charge in [0.15, 0.2) is 0 Å². The molecule has 2 heterocycles. The Morgan fingerprint density at radius 3 is 2.19 bits per heavy atom. The van der Waals surface area contributed by atoms with E-state index in [1.54, 1.807) is 23.6 Å². The number of hydrogen-bond donors (Lipinski definition) is 2.